The maximum absolute atomic E-state index is 12.9. The average molecular weight is 541 g/mol. The van der Waals surface area contributed by atoms with Crippen LogP contribution in [0.25, 0.3) is 0 Å². The Hall–Kier alpha value is -3.14. The lowest BCUT2D eigenvalue weighted by Crippen LogP contribution is -2.71. The smallest absolute Gasteiger partial charge is 0.352 e. The van der Waals surface area contributed by atoms with Crippen molar-refractivity contribution in [3.8, 4) is 0 Å². The van der Waals surface area contributed by atoms with Gasteiger partial charge < -0.3 is 20.6 Å². The van der Waals surface area contributed by atoms with Gasteiger partial charge in [-0.2, -0.15) is 5.21 Å². The number of rotatable bonds is 9. The highest BCUT2D eigenvalue weighted by molar-refractivity contribution is 8.01. The van der Waals surface area contributed by atoms with E-state index in [1.165, 1.54) is 23.9 Å². The second kappa shape index (κ2) is 10.2. The van der Waals surface area contributed by atoms with Crippen LogP contribution in [-0.2, 0) is 19.2 Å². The number of carboxylic acid groups (broad SMARTS) is 2. The van der Waals surface area contributed by atoms with E-state index in [0.29, 0.717) is 0 Å². The van der Waals surface area contributed by atoms with Crippen LogP contribution >= 0.6 is 35.1 Å². The van der Waals surface area contributed by atoms with Crippen LogP contribution < -0.4 is 5.32 Å². The molecule has 0 aliphatic carbocycles. The number of halogens is 1. The van der Waals surface area contributed by atoms with Crippen molar-refractivity contribution >= 4 is 58.9 Å². The van der Waals surface area contributed by atoms with Crippen LogP contribution in [0.1, 0.15) is 18.1 Å². The normalized spacial score (nSPS) is 21.1. The molecule has 3 heterocycles. The first-order chi connectivity index (χ1) is 16.7. The van der Waals surface area contributed by atoms with Crippen LogP contribution in [0.2, 0.25) is 5.02 Å². The van der Waals surface area contributed by atoms with Gasteiger partial charge in [0.25, 0.3) is 11.8 Å². The van der Waals surface area contributed by atoms with Crippen LogP contribution in [0.4, 0.5) is 0 Å². The summed E-state index contributed by atoms with van der Waals surface area (Å²) in [5.41, 5.74) is 0.0262. The van der Waals surface area contributed by atoms with Crippen molar-refractivity contribution in [2.45, 2.75) is 34.3 Å². The molecule has 3 unspecified atom stereocenters. The maximum Gasteiger partial charge on any atom is 0.352 e. The van der Waals surface area contributed by atoms with E-state index in [2.05, 4.69) is 25.9 Å². The van der Waals surface area contributed by atoms with Crippen molar-refractivity contribution in [3.05, 3.63) is 46.1 Å². The Morgan fingerprint density at radius 3 is 2.69 bits per heavy atom. The number of carbonyl (C=O) groups excluding carboxylic acids is 2. The van der Waals surface area contributed by atoms with Gasteiger partial charge in [-0.25, -0.2) is 4.79 Å². The molecule has 0 bridgehead atoms. The predicted octanol–water partition coefficient (Wildman–Crippen LogP) is 0.261. The van der Waals surface area contributed by atoms with Crippen LogP contribution in [0.5, 0.6) is 0 Å². The molecule has 2 amide bonds. The lowest BCUT2D eigenvalue weighted by Gasteiger charge is -2.50. The van der Waals surface area contributed by atoms with E-state index in [-0.39, 0.29) is 32.8 Å². The first-order valence-electron chi connectivity index (χ1n) is 9.94. The summed E-state index contributed by atoms with van der Waals surface area (Å²) in [6, 6.07) is 5.12. The molecular formula is C19H17ClN6O7S2. The van der Waals surface area contributed by atoms with Crippen molar-refractivity contribution in [1.29, 1.82) is 0 Å². The molecule has 1 aromatic heterocycles. The summed E-state index contributed by atoms with van der Waals surface area (Å²) in [4.78, 5) is 50.1. The number of carboxylic acids is 2. The molecule has 4 atom stereocenters. The van der Waals surface area contributed by atoms with Gasteiger partial charge in [0.1, 0.15) is 17.1 Å². The van der Waals surface area contributed by atoms with E-state index in [1.54, 1.807) is 12.1 Å². The van der Waals surface area contributed by atoms with E-state index in [4.69, 9.17) is 11.6 Å². The summed E-state index contributed by atoms with van der Waals surface area (Å²) in [5, 5.41) is 43.9. The molecule has 2 aromatic rings. The zero-order valence-corrected chi connectivity index (χ0v) is 19.9. The van der Waals surface area contributed by atoms with Gasteiger partial charge in [-0.3, -0.25) is 19.3 Å². The van der Waals surface area contributed by atoms with E-state index in [0.717, 1.165) is 16.7 Å². The van der Waals surface area contributed by atoms with Gasteiger partial charge in [0.05, 0.1) is 6.42 Å². The standard InChI is InChI=1S/C19H17ClN6O7S2/c20-9-4-2-1-3-7(9)14(29)15(30)21-12-16(31)26-13(18(32)33)8(6-34-17(12)26)10(5-11(27)28)35-19-22-24-25-23-19/h1-4,10,12,14,17,29H,5-6H2,(H,21,30)(H,27,28)(H,32,33)(H,22,23,24,25)/t10?,12?,14?,17-/m0/s1. The number of thioether (sulfide) groups is 2. The van der Waals surface area contributed by atoms with Crippen LogP contribution in [0.15, 0.2) is 40.7 Å². The Bertz CT molecular complexity index is 1210. The summed E-state index contributed by atoms with van der Waals surface area (Å²) in [7, 11) is 0. The van der Waals surface area contributed by atoms with Crippen LogP contribution in [-0.4, -0.2) is 87.0 Å². The first-order valence-corrected chi connectivity index (χ1v) is 12.3. The minimum Gasteiger partial charge on any atom is -0.481 e. The zero-order chi connectivity index (χ0) is 25.3. The van der Waals surface area contributed by atoms with Crippen molar-refractivity contribution in [3.63, 3.8) is 0 Å². The Balaban J connectivity index is 1.55. The molecule has 1 fully saturated rings. The summed E-state index contributed by atoms with van der Waals surface area (Å²) >= 11 is 8.10. The number of nitrogens with zero attached hydrogens (tertiary/aromatic N) is 4. The number of aliphatic carboxylic acids is 2. The fourth-order valence-electron chi connectivity index (χ4n) is 3.68. The molecule has 0 saturated carbocycles. The summed E-state index contributed by atoms with van der Waals surface area (Å²) in [6.07, 6.45) is -2.07. The minimum absolute atomic E-state index is 0.0817. The van der Waals surface area contributed by atoms with Gasteiger partial charge in [-0.1, -0.05) is 41.6 Å². The number of hydrogen-bond donors (Lipinski definition) is 5. The monoisotopic (exact) mass is 540 g/mol. The number of aliphatic hydroxyl groups excluding tert-OH is 1. The quantitative estimate of drug-likeness (QED) is 0.215. The third kappa shape index (κ3) is 4.98. The number of aromatic nitrogens is 4. The second-order valence-corrected chi connectivity index (χ2v) is 10.1. The largest absolute Gasteiger partial charge is 0.481 e. The second-order valence-electron chi connectivity index (χ2n) is 7.40. The van der Waals surface area contributed by atoms with Crippen molar-refractivity contribution in [2.75, 3.05) is 5.75 Å². The fraction of sp³-hybridized carbons (Fsp3) is 0.316. The van der Waals surface area contributed by atoms with E-state index in [1.807, 2.05) is 0 Å². The molecule has 0 radical (unpaired) electrons. The summed E-state index contributed by atoms with van der Waals surface area (Å²) in [5.74, 6) is -4.07. The third-order valence-corrected chi connectivity index (χ3v) is 8.03. The highest BCUT2D eigenvalue weighted by atomic mass is 35.5. The van der Waals surface area contributed by atoms with E-state index in [9.17, 15) is 34.5 Å². The van der Waals surface area contributed by atoms with Gasteiger partial charge in [0, 0.05) is 21.6 Å². The number of β-lactam (4-membered cyclic amide) rings is 1. The number of benzene rings is 1. The summed E-state index contributed by atoms with van der Waals surface area (Å²) < 4.78 is 0. The highest BCUT2D eigenvalue weighted by Crippen LogP contribution is 2.44. The van der Waals surface area contributed by atoms with Gasteiger partial charge in [-0.05, 0) is 16.9 Å². The maximum atomic E-state index is 12.9. The predicted molar refractivity (Wildman–Crippen MR) is 122 cm³/mol. The lowest BCUT2D eigenvalue weighted by atomic mass is 9.99. The topological polar surface area (TPSA) is 199 Å². The number of carbonyl (C=O) groups is 4. The number of aromatic amines is 1. The molecule has 2 aliphatic heterocycles. The highest BCUT2D eigenvalue weighted by Gasteiger charge is 2.55. The molecule has 184 valence electrons. The Kier molecular flexibility index (Phi) is 7.30. The van der Waals surface area contributed by atoms with Gasteiger partial charge in [0.2, 0.25) is 5.16 Å². The molecular weight excluding hydrogens is 524 g/mol. The first kappa shape index (κ1) is 25.0. The molecule has 1 saturated heterocycles. The molecule has 5 N–H and O–H groups in total. The van der Waals surface area contributed by atoms with E-state index >= 15 is 0 Å². The number of hydrogen-bond acceptors (Lipinski definition) is 10. The summed E-state index contributed by atoms with van der Waals surface area (Å²) in [6.45, 7) is 0. The molecule has 1 aromatic carbocycles. The Morgan fingerprint density at radius 1 is 1.31 bits per heavy atom. The molecule has 35 heavy (non-hydrogen) atoms. The number of H-pyrrole nitrogens is 1. The zero-order valence-electron chi connectivity index (χ0n) is 17.5. The minimum atomic E-state index is -1.63. The van der Waals surface area contributed by atoms with Crippen molar-refractivity contribution in [2.24, 2.45) is 0 Å². The van der Waals surface area contributed by atoms with Gasteiger partial charge in [0.15, 0.2) is 6.10 Å². The number of nitrogens with one attached hydrogen (secondary N) is 2. The number of tetrazole rings is 1. The Morgan fingerprint density at radius 2 is 2.06 bits per heavy atom. The van der Waals surface area contributed by atoms with Crippen LogP contribution in [0, 0.1) is 0 Å². The fourth-order valence-corrected chi connectivity index (χ4v) is 6.45. The molecule has 16 heteroatoms. The number of fused-ring (bicyclic) bond motifs is 1. The number of amides is 2. The third-order valence-electron chi connectivity index (χ3n) is 5.27. The molecule has 4 rings (SSSR count). The van der Waals surface area contributed by atoms with Gasteiger partial charge in [-0.15, -0.1) is 22.0 Å². The van der Waals surface area contributed by atoms with E-state index < -0.39 is 52.9 Å². The number of aliphatic hydroxyl groups is 1. The van der Waals surface area contributed by atoms with Crippen LogP contribution in [0.3, 0.4) is 0 Å². The molecule has 2 aliphatic rings. The molecule has 13 nitrogen and oxygen atoms in total. The van der Waals surface area contributed by atoms with Gasteiger partial charge >= 0.3 is 11.9 Å². The SMILES string of the molecule is O=C(O)CC(Sc1nn[nH]n1)C1=C(C(=O)O)N2C(=O)C(NC(=O)C(O)c3ccccc3Cl)[C@@H]2SC1. The lowest BCUT2D eigenvalue weighted by molar-refractivity contribution is -0.151. The Labute approximate surface area is 210 Å². The van der Waals surface area contributed by atoms with Crippen molar-refractivity contribution < 1.29 is 34.5 Å². The average Bonchev–Trinajstić information content (AvgIpc) is 3.33. The van der Waals surface area contributed by atoms with Crippen molar-refractivity contribution in [1.82, 2.24) is 30.8 Å². The molecule has 0 spiro atoms.